The van der Waals surface area contributed by atoms with Gasteiger partial charge in [0.15, 0.2) is 0 Å². The molecular formula is C23H32ClN2+. The van der Waals surface area contributed by atoms with Crippen molar-refractivity contribution in [3.63, 3.8) is 0 Å². The lowest BCUT2D eigenvalue weighted by atomic mass is 9.52. The summed E-state index contributed by atoms with van der Waals surface area (Å²) < 4.78 is 5.16. The van der Waals surface area contributed by atoms with Gasteiger partial charge < -0.3 is 0 Å². The van der Waals surface area contributed by atoms with Gasteiger partial charge in [-0.25, -0.2) is 9.13 Å². The summed E-state index contributed by atoms with van der Waals surface area (Å²) in [4.78, 5) is 0. The first-order valence-electron chi connectivity index (χ1n) is 11.4. The Kier molecular flexibility index (Phi) is 2.91. The zero-order valence-corrected chi connectivity index (χ0v) is 16.6. The maximum absolute atomic E-state index is 7.22. The van der Waals surface area contributed by atoms with E-state index in [0.717, 1.165) is 40.8 Å². The van der Waals surface area contributed by atoms with Gasteiger partial charge in [0.1, 0.15) is 23.5 Å². The van der Waals surface area contributed by atoms with Crippen LogP contribution < -0.4 is 4.57 Å². The van der Waals surface area contributed by atoms with Crippen molar-refractivity contribution in [3.8, 4) is 0 Å². The Morgan fingerprint density at radius 3 is 1.62 bits per heavy atom. The van der Waals surface area contributed by atoms with Crippen LogP contribution >= 0.6 is 11.6 Å². The van der Waals surface area contributed by atoms with Crippen LogP contribution in [-0.2, 0) is 11.1 Å². The van der Waals surface area contributed by atoms with Gasteiger partial charge in [-0.15, -0.1) is 0 Å². The summed E-state index contributed by atoms with van der Waals surface area (Å²) in [6.45, 7) is 0. The van der Waals surface area contributed by atoms with Crippen LogP contribution in [-0.4, -0.2) is 4.57 Å². The molecule has 8 bridgehead atoms. The molecule has 8 aliphatic carbocycles. The zero-order chi connectivity index (χ0) is 17.1. The van der Waals surface area contributed by atoms with Crippen molar-refractivity contribution in [3.05, 3.63) is 17.7 Å². The second-order valence-corrected chi connectivity index (χ2v) is 11.9. The monoisotopic (exact) mass is 371 g/mol. The third-order valence-corrected chi connectivity index (χ3v) is 10.2. The van der Waals surface area contributed by atoms with Gasteiger partial charge in [-0.3, -0.25) is 0 Å². The fourth-order valence-corrected chi connectivity index (χ4v) is 10.3. The fraction of sp³-hybridized carbons (Fsp3) is 0.870. The first kappa shape index (κ1) is 15.4. The van der Waals surface area contributed by atoms with Crippen molar-refractivity contribution < 1.29 is 4.57 Å². The highest BCUT2D eigenvalue weighted by atomic mass is 35.5. The molecular weight excluding hydrogens is 340 g/mol. The van der Waals surface area contributed by atoms with E-state index in [4.69, 9.17) is 11.6 Å². The Labute approximate surface area is 162 Å². The molecule has 1 heterocycles. The zero-order valence-electron chi connectivity index (χ0n) is 15.9. The molecule has 0 aliphatic heterocycles. The quantitative estimate of drug-likeness (QED) is 0.625. The van der Waals surface area contributed by atoms with Crippen molar-refractivity contribution >= 4 is 11.6 Å². The molecule has 0 amide bonds. The van der Waals surface area contributed by atoms with E-state index < -0.39 is 0 Å². The van der Waals surface area contributed by atoms with Gasteiger partial charge in [0.25, 0.3) is 0 Å². The molecule has 3 heteroatoms. The molecule has 0 atom stereocenters. The number of rotatable bonds is 2. The number of halogens is 1. The predicted octanol–water partition coefficient (Wildman–Crippen LogP) is 5.28. The SMILES string of the molecule is Clc1n(C23CC4CC(CC(C4)C2)C3)cc[n+]1C12CC3CC(CC(C3)C1)C2. The molecule has 0 unspecified atom stereocenters. The van der Waals surface area contributed by atoms with E-state index in [2.05, 4.69) is 21.5 Å². The molecule has 8 aliphatic rings. The minimum absolute atomic E-state index is 0.360. The van der Waals surface area contributed by atoms with E-state index >= 15 is 0 Å². The second kappa shape index (κ2) is 4.91. The number of hydrogen-bond acceptors (Lipinski definition) is 0. The second-order valence-electron chi connectivity index (χ2n) is 11.6. The van der Waals surface area contributed by atoms with Crippen LogP contribution in [0.1, 0.15) is 77.0 Å². The van der Waals surface area contributed by atoms with Gasteiger partial charge in [-0.05, 0) is 113 Å². The van der Waals surface area contributed by atoms with Crippen molar-refractivity contribution in [2.45, 2.75) is 88.1 Å². The summed E-state index contributed by atoms with van der Waals surface area (Å²) in [6.07, 6.45) is 22.2. The van der Waals surface area contributed by atoms with Crippen LogP contribution in [0.15, 0.2) is 12.4 Å². The molecule has 140 valence electrons. The Hall–Kier alpha value is -0.500. The van der Waals surface area contributed by atoms with Gasteiger partial charge in [-0.1, -0.05) is 0 Å². The molecule has 9 rings (SSSR count). The lowest BCUT2D eigenvalue weighted by Gasteiger charge is -2.55. The third kappa shape index (κ3) is 1.93. The van der Waals surface area contributed by atoms with E-state index in [-0.39, 0.29) is 0 Å². The van der Waals surface area contributed by atoms with Gasteiger partial charge in [0.05, 0.1) is 0 Å². The Balaban J connectivity index is 1.30. The Morgan fingerprint density at radius 2 is 1.15 bits per heavy atom. The third-order valence-electron chi connectivity index (χ3n) is 9.80. The lowest BCUT2D eigenvalue weighted by Crippen LogP contribution is -2.65. The highest BCUT2D eigenvalue weighted by Gasteiger charge is 2.58. The predicted molar refractivity (Wildman–Crippen MR) is 102 cm³/mol. The lowest BCUT2D eigenvalue weighted by molar-refractivity contribution is -0.774. The summed E-state index contributed by atoms with van der Waals surface area (Å²) in [6, 6.07) is 0. The highest BCUT2D eigenvalue weighted by Crippen LogP contribution is 2.60. The molecule has 1 aromatic heterocycles. The molecule has 8 saturated carbocycles. The summed E-state index contributed by atoms with van der Waals surface area (Å²) in [5.74, 6) is 5.88. The average molecular weight is 372 g/mol. The minimum Gasteiger partial charge on any atom is -0.215 e. The Morgan fingerprint density at radius 1 is 0.731 bits per heavy atom. The number of nitrogens with zero attached hydrogens (tertiary/aromatic N) is 2. The van der Waals surface area contributed by atoms with E-state index in [0.29, 0.717) is 11.1 Å². The van der Waals surface area contributed by atoms with E-state index in [1.807, 2.05) is 0 Å². The van der Waals surface area contributed by atoms with Crippen molar-refractivity contribution in [1.82, 2.24) is 4.57 Å². The number of hydrogen-bond donors (Lipinski definition) is 0. The first-order chi connectivity index (χ1) is 12.6. The molecule has 0 aromatic carbocycles. The topological polar surface area (TPSA) is 8.81 Å². The largest absolute Gasteiger partial charge is 0.355 e. The smallest absolute Gasteiger partial charge is 0.215 e. The van der Waals surface area contributed by atoms with Crippen LogP contribution in [0.5, 0.6) is 0 Å². The fourth-order valence-electron chi connectivity index (χ4n) is 9.80. The summed E-state index contributed by atoms with van der Waals surface area (Å²) >= 11 is 7.22. The van der Waals surface area contributed by atoms with E-state index in [9.17, 15) is 0 Å². The van der Waals surface area contributed by atoms with Crippen LogP contribution in [0, 0.1) is 35.5 Å². The van der Waals surface area contributed by atoms with E-state index in [1.165, 1.54) is 77.0 Å². The molecule has 0 saturated heterocycles. The molecule has 0 radical (unpaired) electrons. The molecule has 0 spiro atoms. The van der Waals surface area contributed by atoms with Crippen LogP contribution in [0.25, 0.3) is 0 Å². The molecule has 26 heavy (non-hydrogen) atoms. The summed E-state index contributed by atoms with van der Waals surface area (Å²) in [5.41, 5.74) is 0.721. The van der Waals surface area contributed by atoms with Gasteiger partial charge in [0.2, 0.25) is 0 Å². The maximum atomic E-state index is 7.22. The van der Waals surface area contributed by atoms with Crippen LogP contribution in [0.2, 0.25) is 5.28 Å². The van der Waals surface area contributed by atoms with Crippen molar-refractivity contribution in [1.29, 1.82) is 0 Å². The number of aromatic nitrogens is 2. The summed E-state index contributed by atoms with van der Waals surface area (Å²) in [7, 11) is 0. The van der Waals surface area contributed by atoms with Crippen molar-refractivity contribution in [2.75, 3.05) is 0 Å². The normalized spacial score (nSPS) is 53.6. The van der Waals surface area contributed by atoms with Gasteiger partial charge in [-0.2, -0.15) is 0 Å². The average Bonchev–Trinajstić information content (AvgIpc) is 2.95. The van der Waals surface area contributed by atoms with Gasteiger partial charge >= 0.3 is 5.28 Å². The molecule has 2 nitrogen and oxygen atoms in total. The van der Waals surface area contributed by atoms with Crippen molar-refractivity contribution in [2.24, 2.45) is 35.5 Å². The first-order valence-corrected chi connectivity index (χ1v) is 11.8. The molecule has 8 fully saturated rings. The maximum Gasteiger partial charge on any atom is 0.355 e. The molecule has 0 N–H and O–H groups in total. The number of imidazole rings is 1. The summed E-state index contributed by atoms with van der Waals surface area (Å²) in [5, 5.41) is 1.08. The van der Waals surface area contributed by atoms with Gasteiger partial charge in [0, 0.05) is 11.6 Å². The van der Waals surface area contributed by atoms with Crippen LogP contribution in [0.3, 0.4) is 0 Å². The standard InChI is InChI=1S/C23H32ClN2/c24-21-25(22-9-15-3-16(10-22)5-17(4-15)11-22)1-2-26(21)23-12-18-6-19(13-23)8-20(7-18)14-23/h1-2,15-20H,3-14H2/q+1. The molecule has 1 aromatic rings. The minimum atomic E-state index is 0.360. The van der Waals surface area contributed by atoms with Crippen LogP contribution in [0.4, 0.5) is 0 Å². The Bertz CT molecular complexity index is 630. The van der Waals surface area contributed by atoms with E-state index in [1.54, 1.807) is 0 Å². The highest BCUT2D eigenvalue weighted by molar-refractivity contribution is 6.27.